The summed E-state index contributed by atoms with van der Waals surface area (Å²) in [6, 6.07) is 7.73. The van der Waals surface area contributed by atoms with Gasteiger partial charge in [0.05, 0.1) is 11.9 Å². The third-order valence-corrected chi connectivity index (χ3v) is 4.89. The van der Waals surface area contributed by atoms with Gasteiger partial charge in [-0.25, -0.2) is 8.42 Å². The van der Waals surface area contributed by atoms with Gasteiger partial charge in [0.25, 0.3) is 0 Å². The lowest BCUT2D eigenvalue weighted by Crippen LogP contribution is -2.30. The van der Waals surface area contributed by atoms with E-state index in [9.17, 15) is 8.42 Å². The van der Waals surface area contributed by atoms with Crippen LogP contribution in [0.5, 0.6) is 0 Å². The van der Waals surface area contributed by atoms with E-state index in [1.54, 1.807) is 0 Å². The maximum atomic E-state index is 11.9. The van der Waals surface area contributed by atoms with Crippen molar-refractivity contribution in [2.45, 2.75) is 26.7 Å². The Kier molecular flexibility index (Phi) is 4.53. The van der Waals surface area contributed by atoms with Crippen LogP contribution in [0.25, 0.3) is 6.08 Å². The first-order valence-electron chi connectivity index (χ1n) is 7.17. The van der Waals surface area contributed by atoms with Crippen molar-refractivity contribution in [2.24, 2.45) is 11.8 Å². The van der Waals surface area contributed by atoms with Crippen LogP contribution in [0.2, 0.25) is 0 Å². The summed E-state index contributed by atoms with van der Waals surface area (Å²) in [6.45, 7) is 4.75. The number of hydrogen-bond acceptors (Lipinski definition) is 2. The largest absolute Gasteiger partial charge is 0.270 e. The number of benzene rings is 1. The van der Waals surface area contributed by atoms with Gasteiger partial charge in [-0.2, -0.15) is 0 Å². The molecule has 2 rings (SSSR count). The summed E-state index contributed by atoms with van der Waals surface area (Å²) in [5.74, 6) is 1.49. The maximum Gasteiger partial charge on any atom is 0.232 e. The monoisotopic (exact) mass is 293 g/mol. The van der Waals surface area contributed by atoms with Crippen molar-refractivity contribution in [1.82, 2.24) is 0 Å². The summed E-state index contributed by atoms with van der Waals surface area (Å²) in [4.78, 5) is 0. The molecule has 2 atom stereocenters. The molecule has 0 spiro atoms. The van der Waals surface area contributed by atoms with Gasteiger partial charge in [0.1, 0.15) is 0 Å². The van der Waals surface area contributed by atoms with Crippen LogP contribution in [0.4, 0.5) is 5.69 Å². The maximum absolute atomic E-state index is 11.9. The summed E-state index contributed by atoms with van der Waals surface area (Å²) < 4.78 is 25.2. The topological polar surface area (TPSA) is 37.4 Å². The molecule has 1 fully saturated rings. The van der Waals surface area contributed by atoms with E-state index in [4.69, 9.17) is 0 Å². The van der Waals surface area contributed by atoms with Gasteiger partial charge in [-0.3, -0.25) is 4.31 Å². The summed E-state index contributed by atoms with van der Waals surface area (Å²) in [7, 11) is -3.22. The predicted molar refractivity (Wildman–Crippen MR) is 85.2 cm³/mol. The van der Waals surface area contributed by atoms with Gasteiger partial charge < -0.3 is 0 Å². The van der Waals surface area contributed by atoms with Gasteiger partial charge in [0.15, 0.2) is 0 Å². The molecule has 20 heavy (non-hydrogen) atoms. The van der Waals surface area contributed by atoms with Crippen molar-refractivity contribution in [1.29, 1.82) is 0 Å². The Morgan fingerprint density at radius 1 is 1.40 bits per heavy atom. The number of anilines is 1. The third kappa shape index (κ3) is 3.85. The standard InChI is InChI=1S/C16H23NO2S/c1-4-10-17(20(3,18)19)16-7-5-6-14(12-16)8-9-15-11-13(15)2/h5-9,12-13,15H,4,10-11H2,1-3H3/b9-8-. The van der Waals surface area contributed by atoms with Gasteiger partial charge in [-0.15, -0.1) is 0 Å². The molecule has 0 saturated heterocycles. The molecule has 0 aliphatic heterocycles. The fourth-order valence-corrected chi connectivity index (χ4v) is 3.34. The molecule has 0 N–H and O–H groups in total. The van der Waals surface area contributed by atoms with Gasteiger partial charge in [-0.1, -0.05) is 38.1 Å². The van der Waals surface area contributed by atoms with E-state index in [1.807, 2.05) is 31.2 Å². The van der Waals surface area contributed by atoms with Crippen molar-refractivity contribution >= 4 is 21.8 Å². The van der Waals surface area contributed by atoms with E-state index >= 15 is 0 Å². The van der Waals surface area contributed by atoms with E-state index in [0.29, 0.717) is 12.5 Å². The van der Waals surface area contributed by atoms with E-state index in [-0.39, 0.29) is 0 Å². The van der Waals surface area contributed by atoms with Crippen LogP contribution in [-0.4, -0.2) is 21.2 Å². The van der Waals surface area contributed by atoms with Crippen LogP contribution >= 0.6 is 0 Å². The molecule has 110 valence electrons. The first-order chi connectivity index (χ1) is 9.41. The van der Waals surface area contributed by atoms with Gasteiger partial charge in [0.2, 0.25) is 10.0 Å². The Morgan fingerprint density at radius 3 is 2.65 bits per heavy atom. The number of nitrogens with zero attached hydrogens (tertiary/aromatic N) is 1. The highest BCUT2D eigenvalue weighted by atomic mass is 32.2. The highest BCUT2D eigenvalue weighted by molar-refractivity contribution is 7.92. The van der Waals surface area contributed by atoms with Crippen LogP contribution in [0.3, 0.4) is 0 Å². The lowest BCUT2D eigenvalue weighted by molar-refractivity contribution is 0.596. The van der Waals surface area contributed by atoms with E-state index in [2.05, 4.69) is 19.1 Å². The van der Waals surface area contributed by atoms with Gasteiger partial charge in [0, 0.05) is 6.54 Å². The Balaban J connectivity index is 2.21. The third-order valence-electron chi connectivity index (χ3n) is 3.69. The van der Waals surface area contributed by atoms with Crippen LogP contribution in [-0.2, 0) is 10.0 Å². The highest BCUT2D eigenvalue weighted by Gasteiger charge is 2.29. The second-order valence-electron chi connectivity index (χ2n) is 5.67. The Hall–Kier alpha value is -1.29. The molecule has 1 aromatic carbocycles. The zero-order valence-electron chi connectivity index (χ0n) is 12.4. The molecule has 0 bridgehead atoms. The van der Waals surface area contributed by atoms with E-state index in [1.165, 1.54) is 17.0 Å². The van der Waals surface area contributed by atoms with Crippen molar-refractivity contribution < 1.29 is 8.42 Å². The number of rotatable bonds is 6. The molecule has 1 saturated carbocycles. The van der Waals surface area contributed by atoms with Gasteiger partial charge >= 0.3 is 0 Å². The minimum Gasteiger partial charge on any atom is -0.270 e. The Morgan fingerprint density at radius 2 is 2.10 bits per heavy atom. The fourth-order valence-electron chi connectivity index (χ4n) is 2.33. The fraction of sp³-hybridized carbons (Fsp3) is 0.500. The SMILES string of the molecule is CCCN(c1cccc(/C=C\C2CC2C)c1)S(C)(=O)=O. The normalized spacial score (nSPS) is 22.1. The van der Waals surface area contributed by atoms with E-state index in [0.717, 1.165) is 23.6 Å². The van der Waals surface area contributed by atoms with Crippen molar-refractivity contribution in [3.63, 3.8) is 0 Å². The summed E-state index contributed by atoms with van der Waals surface area (Å²) in [6.07, 6.45) is 7.66. The lowest BCUT2D eigenvalue weighted by Gasteiger charge is -2.22. The quantitative estimate of drug-likeness (QED) is 0.804. The minimum absolute atomic E-state index is 0.520. The second-order valence-corrected chi connectivity index (χ2v) is 7.57. The van der Waals surface area contributed by atoms with Crippen LogP contribution < -0.4 is 4.31 Å². The van der Waals surface area contributed by atoms with Gasteiger partial charge in [-0.05, 0) is 42.4 Å². The Bertz CT molecular complexity index is 592. The van der Waals surface area contributed by atoms with Crippen LogP contribution in [0.15, 0.2) is 30.3 Å². The highest BCUT2D eigenvalue weighted by Crippen LogP contribution is 2.39. The molecule has 1 aromatic rings. The summed E-state index contributed by atoms with van der Waals surface area (Å²) >= 11 is 0. The van der Waals surface area contributed by atoms with Crippen molar-refractivity contribution in [2.75, 3.05) is 17.1 Å². The average Bonchev–Trinajstić information content (AvgIpc) is 3.08. The lowest BCUT2D eigenvalue weighted by atomic mass is 10.1. The zero-order valence-corrected chi connectivity index (χ0v) is 13.2. The zero-order chi connectivity index (χ0) is 14.8. The molecule has 0 heterocycles. The Labute approximate surface area is 122 Å². The first-order valence-corrected chi connectivity index (χ1v) is 9.02. The first kappa shape index (κ1) is 15.1. The number of sulfonamides is 1. The summed E-state index contributed by atoms with van der Waals surface area (Å²) in [5, 5.41) is 0. The summed E-state index contributed by atoms with van der Waals surface area (Å²) in [5.41, 5.74) is 1.81. The molecule has 2 unspecified atom stereocenters. The molecule has 0 aromatic heterocycles. The predicted octanol–water partition coefficient (Wildman–Crippen LogP) is 3.53. The van der Waals surface area contributed by atoms with Crippen LogP contribution in [0.1, 0.15) is 32.3 Å². The molecular formula is C16H23NO2S. The average molecular weight is 293 g/mol. The van der Waals surface area contributed by atoms with Crippen molar-refractivity contribution in [3.05, 3.63) is 35.9 Å². The molecule has 0 radical (unpaired) electrons. The minimum atomic E-state index is -3.22. The molecule has 1 aliphatic rings. The molecule has 0 amide bonds. The molecule has 1 aliphatic carbocycles. The molecule has 4 heteroatoms. The number of allylic oxidation sites excluding steroid dienone is 1. The number of hydrogen-bond donors (Lipinski definition) is 0. The van der Waals surface area contributed by atoms with Crippen LogP contribution in [0, 0.1) is 11.8 Å². The molecular weight excluding hydrogens is 270 g/mol. The smallest absolute Gasteiger partial charge is 0.232 e. The second kappa shape index (κ2) is 6.00. The van der Waals surface area contributed by atoms with E-state index < -0.39 is 10.0 Å². The van der Waals surface area contributed by atoms with Crippen molar-refractivity contribution in [3.8, 4) is 0 Å². The molecule has 3 nitrogen and oxygen atoms in total.